The van der Waals surface area contributed by atoms with E-state index in [4.69, 9.17) is 0 Å². The predicted octanol–water partition coefficient (Wildman–Crippen LogP) is 4.70. The van der Waals surface area contributed by atoms with Crippen molar-refractivity contribution in [2.75, 3.05) is 5.32 Å². The highest BCUT2D eigenvalue weighted by Crippen LogP contribution is 2.19. The fourth-order valence-corrected chi connectivity index (χ4v) is 2.99. The number of carbonyl (C=O) groups is 2. The van der Waals surface area contributed by atoms with Crippen molar-refractivity contribution in [3.63, 3.8) is 0 Å². The molecule has 4 heteroatoms. The van der Waals surface area contributed by atoms with Gasteiger partial charge in [0.1, 0.15) is 0 Å². The summed E-state index contributed by atoms with van der Waals surface area (Å²) in [5, 5.41) is 2.85. The minimum atomic E-state index is -0.157. The largest absolute Gasteiger partial charge is 0.326 e. The number of hydrogen-bond acceptors (Lipinski definition) is 2. The molecule has 132 valence electrons. The first-order chi connectivity index (χ1) is 12.5. The van der Waals surface area contributed by atoms with Gasteiger partial charge in [-0.1, -0.05) is 30.3 Å². The van der Waals surface area contributed by atoms with Crippen LogP contribution >= 0.6 is 0 Å². The Bertz CT molecular complexity index is 890. The highest BCUT2D eigenvalue weighted by atomic mass is 16.2. The number of Topliss-reactive ketones (excluding diaryl/α,β-unsaturated/α-hetero) is 1. The zero-order valence-corrected chi connectivity index (χ0v) is 15.0. The van der Waals surface area contributed by atoms with Gasteiger partial charge in [-0.2, -0.15) is 0 Å². The van der Waals surface area contributed by atoms with Gasteiger partial charge in [-0.05, 0) is 50.2 Å². The summed E-state index contributed by atoms with van der Waals surface area (Å²) < 4.78 is 2.16. The van der Waals surface area contributed by atoms with E-state index in [1.165, 1.54) is 11.4 Å². The van der Waals surface area contributed by atoms with Gasteiger partial charge in [-0.3, -0.25) is 9.59 Å². The van der Waals surface area contributed by atoms with Crippen molar-refractivity contribution < 1.29 is 9.59 Å². The van der Waals surface area contributed by atoms with Gasteiger partial charge in [-0.15, -0.1) is 0 Å². The summed E-state index contributed by atoms with van der Waals surface area (Å²) in [7, 11) is 0. The zero-order valence-electron chi connectivity index (χ0n) is 15.0. The molecule has 26 heavy (non-hydrogen) atoms. The van der Waals surface area contributed by atoms with E-state index in [9.17, 15) is 9.59 Å². The van der Waals surface area contributed by atoms with Crippen LogP contribution in [0.1, 0.15) is 34.6 Å². The maximum absolute atomic E-state index is 12.1. The topological polar surface area (TPSA) is 51.1 Å². The lowest BCUT2D eigenvalue weighted by molar-refractivity contribution is -0.116. The lowest BCUT2D eigenvalue weighted by Gasteiger charge is -2.11. The number of benzene rings is 2. The smallest absolute Gasteiger partial charge is 0.224 e. The van der Waals surface area contributed by atoms with Crippen LogP contribution in [-0.4, -0.2) is 16.3 Å². The number of nitrogens with zero attached hydrogens (tertiary/aromatic N) is 1. The minimum Gasteiger partial charge on any atom is -0.326 e. The first kappa shape index (κ1) is 17.7. The van der Waals surface area contributed by atoms with Crippen molar-refractivity contribution >= 4 is 17.4 Å². The maximum atomic E-state index is 12.1. The van der Waals surface area contributed by atoms with Crippen LogP contribution in [0.5, 0.6) is 0 Å². The molecule has 0 bridgehead atoms. The summed E-state index contributed by atoms with van der Waals surface area (Å²) in [4.78, 5) is 24.2. The van der Waals surface area contributed by atoms with Gasteiger partial charge in [0.15, 0.2) is 5.78 Å². The van der Waals surface area contributed by atoms with E-state index in [1.54, 1.807) is 12.1 Å². The predicted molar refractivity (Wildman–Crippen MR) is 104 cm³/mol. The van der Waals surface area contributed by atoms with Crippen molar-refractivity contribution in [2.45, 2.75) is 26.7 Å². The highest BCUT2D eigenvalue weighted by molar-refractivity contribution is 5.99. The molecular formula is C22H22N2O2. The Kier molecular flexibility index (Phi) is 5.32. The van der Waals surface area contributed by atoms with Crippen LogP contribution in [0.3, 0.4) is 0 Å². The minimum absolute atomic E-state index is 0.0188. The van der Waals surface area contributed by atoms with E-state index in [2.05, 4.69) is 35.9 Å². The van der Waals surface area contributed by atoms with E-state index in [0.29, 0.717) is 5.56 Å². The Morgan fingerprint density at radius 1 is 0.808 bits per heavy atom. The van der Waals surface area contributed by atoms with Crippen molar-refractivity contribution in [1.29, 1.82) is 0 Å². The fourth-order valence-electron chi connectivity index (χ4n) is 2.99. The standard InChI is InChI=1S/C22H22N2O2/c1-16-8-9-17(2)24(16)20-12-10-19(11-13-20)23-22(26)15-14-21(25)18-6-4-3-5-7-18/h3-13H,14-15H2,1-2H3,(H,23,26). The number of ketones is 1. The lowest BCUT2D eigenvalue weighted by atomic mass is 10.1. The summed E-state index contributed by atoms with van der Waals surface area (Å²) in [6.45, 7) is 4.12. The van der Waals surface area contributed by atoms with Crippen LogP contribution in [0, 0.1) is 13.8 Å². The van der Waals surface area contributed by atoms with Crippen molar-refractivity contribution in [3.8, 4) is 5.69 Å². The second-order valence-electron chi connectivity index (χ2n) is 6.34. The van der Waals surface area contributed by atoms with Crippen LogP contribution in [0.15, 0.2) is 66.7 Å². The number of hydrogen-bond donors (Lipinski definition) is 1. The number of anilines is 1. The third-order valence-electron chi connectivity index (χ3n) is 4.36. The van der Waals surface area contributed by atoms with Crippen LogP contribution in [0.25, 0.3) is 5.69 Å². The molecule has 0 aliphatic heterocycles. The summed E-state index contributed by atoms with van der Waals surface area (Å²) >= 11 is 0. The van der Waals surface area contributed by atoms with Crippen LogP contribution < -0.4 is 5.32 Å². The van der Waals surface area contributed by atoms with Gasteiger partial charge >= 0.3 is 0 Å². The van der Waals surface area contributed by atoms with Crippen molar-refractivity contribution in [3.05, 3.63) is 83.7 Å². The number of nitrogens with one attached hydrogen (secondary N) is 1. The summed E-state index contributed by atoms with van der Waals surface area (Å²) in [5.41, 5.74) is 4.76. The number of amides is 1. The van der Waals surface area contributed by atoms with E-state index in [0.717, 1.165) is 11.4 Å². The number of rotatable bonds is 6. The Morgan fingerprint density at radius 3 is 2.04 bits per heavy atom. The average Bonchev–Trinajstić information content (AvgIpc) is 2.99. The Balaban J connectivity index is 1.57. The molecule has 1 N–H and O–H groups in total. The van der Waals surface area contributed by atoms with E-state index in [1.807, 2.05) is 42.5 Å². The van der Waals surface area contributed by atoms with Gasteiger partial charge in [0.25, 0.3) is 0 Å². The number of aryl methyl sites for hydroxylation is 2. The Labute approximate surface area is 153 Å². The molecule has 0 atom stereocenters. The molecule has 2 aromatic carbocycles. The van der Waals surface area contributed by atoms with Crippen LogP contribution in [0.4, 0.5) is 5.69 Å². The summed E-state index contributed by atoms with van der Waals surface area (Å²) in [6, 6.07) is 20.9. The quantitative estimate of drug-likeness (QED) is 0.658. The first-order valence-corrected chi connectivity index (χ1v) is 8.68. The second kappa shape index (κ2) is 7.83. The molecular weight excluding hydrogens is 324 g/mol. The average molecular weight is 346 g/mol. The van der Waals surface area contributed by atoms with E-state index < -0.39 is 0 Å². The van der Waals surface area contributed by atoms with E-state index in [-0.39, 0.29) is 24.5 Å². The van der Waals surface area contributed by atoms with Gasteiger partial charge < -0.3 is 9.88 Å². The van der Waals surface area contributed by atoms with Crippen molar-refractivity contribution in [1.82, 2.24) is 4.57 Å². The van der Waals surface area contributed by atoms with Crippen LogP contribution in [0.2, 0.25) is 0 Å². The molecule has 4 nitrogen and oxygen atoms in total. The van der Waals surface area contributed by atoms with Gasteiger partial charge in [0.05, 0.1) is 0 Å². The summed E-state index contributed by atoms with van der Waals surface area (Å²) in [5.74, 6) is -0.176. The first-order valence-electron chi connectivity index (χ1n) is 8.68. The molecule has 0 aliphatic carbocycles. The molecule has 3 aromatic rings. The summed E-state index contributed by atoms with van der Waals surface area (Å²) in [6.07, 6.45) is 0.376. The maximum Gasteiger partial charge on any atom is 0.224 e. The number of aromatic nitrogens is 1. The monoisotopic (exact) mass is 346 g/mol. The zero-order chi connectivity index (χ0) is 18.5. The molecule has 0 fully saturated rings. The molecule has 0 aliphatic rings. The fraction of sp³-hybridized carbons (Fsp3) is 0.182. The third kappa shape index (κ3) is 4.09. The molecule has 3 rings (SSSR count). The molecule has 1 aromatic heterocycles. The molecule has 1 heterocycles. The third-order valence-corrected chi connectivity index (χ3v) is 4.36. The Morgan fingerprint density at radius 2 is 1.42 bits per heavy atom. The molecule has 0 saturated heterocycles. The molecule has 0 radical (unpaired) electrons. The number of carbonyl (C=O) groups excluding carboxylic acids is 2. The normalized spacial score (nSPS) is 10.5. The molecule has 0 saturated carbocycles. The van der Waals surface area contributed by atoms with Crippen LogP contribution in [-0.2, 0) is 4.79 Å². The molecule has 1 amide bonds. The molecule has 0 unspecified atom stereocenters. The SMILES string of the molecule is Cc1ccc(C)n1-c1ccc(NC(=O)CCC(=O)c2ccccc2)cc1. The lowest BCUT2D eigenvalue weighted by Crippen LogP contribution is -2.13. The molecule has 0 spiro atoms. The van der Waals surface area contributed by atoms with Crippen molar-refractivity contribution in [2.24, 2.45) is 0 Å². The Hall–Kier alpha value is -3.14. The van der Waals surface area contributed by atoms with Gasteiger partial charge in [0.2, 0.25) is 5.91 Å². The van der Waals surface area contributed by atoms with Gasteiger partial charge in [0, 0.05) is 41.2 Å². The van der Waals surface area contributed by atoms with Gasteiger partial charge in [-0.25, -0.2) is 0 Å². The van der Waals surface area contributed by atoms with E-state index >= 15 is 0 Å². The highest BCUT2D eigenvalue weighted by Gasteiger charge is 2.10. The second-order valence-corrected chi connectivity index (χ2v) is 6.34.